The summed E-state index contributed by atoms with van der Waals surface area (Å²) in [5.74, 6) is -0.274. The van der Waals surface area contributed by atoms with Crippen LogP contribution in [0.1, 0.15) is 32.9 Å². The summed E-state index contributed by atoms with van der Waals surface area (Å²) in [5.41, 5.74) is 3.57. The minimum atomic E-state index is -0.482. The molecule has 0 bridgehead atoms. The van der Waals surface area contributed by atoms with Gasteiger partial charge in [-0.3, -0.25) is 19.6 Å². The van der Waals surface area contributed by atoms with Crippen LogP contribution in [0, 0.1) is 30.9 Å². The normalized spacial score (nSPS) is 10.5. The van der Waals surface area contributed by atoms with Gasteiger partial charge in [0, 0.05) is 11.3 Å². The smallest absolute Gasteiger partial charge is 0.343 e. The second-order valence-corrected chi connectivity index (χ2v) is 7.43. The van der Waals surface area contributed by atoms with E-state index in [0.717, 1.165) is 11.1 Å². The molecule has 3 rings (SSSR count). The number of anilines is 1. The van der Waals surface area contributed by atoms with E-state index >= 15 is 0 Å². The first kappa shape index (κ1) is 23.5. The van der Waals surface area contributed by atoms with E-state index in [0.29, 0.717) is 34.9 Å². The second kappa shape index (κ2) is 9.94. The van der Waals surface area contributed by atoms with Gasteiger partial charge in [-0.05, 0) is 62.2 Å². The Balaban J connectivity index is 1.66. The zero-order chi connectivity index (χ0) is 24.1. The van der Waals surface area contributed by atoms with Crippen molar-refractivity contribution in [2.24, 2.45) is 0 Å². The fourth-order valence-electron chi connectivity index (χ4n) is 3.30. The predicted molar refractivity (Wildman–Crippen MR) is 121 cm³/mol. The monoisotopic (exact) mass is 452 g/mol. The molecule has 0 saturated heterocycles. The number of hydrogen-bond acceptors (Lipinski definition) is 7. The van der Waals surface area contributed by atoms with E-state index < -0.39 is 10.9 Å². The zero-order valence-electron chi connectivity index (χ0n) is 18.7. The highest BCUT2D eigenvalue weighted by molar-refractivity contribution is 6.04. The number of methoxy groups -OCH3 is 1. The molecule has 3 aromatic rings. The molecule has 0 aliphatic carbocycles. The van der Waals surface area contributed by atoms with Crippen molar-refractivity contribution in [1.29, 1.82) is 0 Å². The van der Waals surface area contributed by atoms with E-state index in [9.17, 15) is 19.7 Å². The van der Waals surface area contributed by atoms with E-state index in [1.807, 2.05) is 6.92 Å². The molecule has 2 aromatic carbocycles. The lowest BCUT2D eigenvalue weighted by molar-refractivity contribution is -0.386. The number of aryl methyl sites for hydroxylation is 2. The molecule has 0 aliphatic rings. The molecule has 172 valence electrons. The number of esters is 1. The number of nitrogens with one attached hydrogen (secondary N) is 1. The maximum atomic E-state index is 12.7. The quantitative estimate of drug-likeness (QED) is 0.315. The van der Waals surface area contributed by atoms with Crippen LogP contribution in [0.15, 0.2) is 42.5 Å². The summed E-state index contributed by atoms with van der Waals surface area (Å²) < 4.78 is 11.5. The highest BCUT2D eigenvalue weighted by Gasteiger charge is 2.21. The Kier molecular flexibility index (Phi) is 7.07. The molecule has 10 heteroatoms. The van der Waals surface area contributed by atoms with E-state index in [2.05, 4.69) is 15.2 Å². The molecule has 33 heavy (non-hydrogen) atoms. The number of nitrogens with zero attached hydrogens (tertiary/aromatic N) is 3. The van der Waals surface area contributed by atoms with Crippen LogP contribution < -0.4 is 10.1 Å². The van der Waals surface area contributed by atoms with Crippen molar-refractivity contribution in [2.75, 3.05) is 19.0 Å². The third-order valence-corrected chi connectivity index (χ3v) is 5.10. The first-order valence-corrected chi connectivity index (χ1v) is 10.1. The van der Waals surface area contributed by atoms with Crippen LogP contribution in [-0.4, -0.2) is 40.3 Å². The summed E-state index contributed by atoms with van der Waals surface area (Å²) >= 11 is 0. The SMILES string of the molecule is COC(=O)COc1ccc(NC(=O)c2ccc(Cn3nc(C)c([N+](=O)[O-])c3C)cc2)c(C)c1. The van der Waals surface area contributed by atoms with E-state index in [1.54, 1.807) is 61.0 Å². The molecular weight excluding hydrogens is 428 g/mol. The number of amides is 1. The molecule has 0 aliphatic heterocycles. The Morgan fingerprint density at radius 1 is 1.12 bits per heavy atom. The van der Waals surface area contributed by atoms with Crippen LogP contribution in [-0.2, 0) is 16.1 Å². The molecule has 0 saturated carbocycles. The molecule has 1 heterocycles. The minimum absolute atomic E-state index is 0.0167. The van der Waals surface area contributed by atoms with Crippen molar-refractivity contribution in [1.82, 2.24) is 9.78 Å². The molecule has 0 fully saturated rings. The molecule has 0 spiro atoms. The number of nitro groups is 1. The molecule has 0 radical (unpaired) electrons. The highest BCUT2D eigenvalue weighted by atomic mass is 16.6. The lowest BCUT2D eigenvalue weighted by Crippen LogP contribution is -2.14. The third-order valence-electron chi connectivity index (χ3n) is 5.10. The Hall–Kier alpha value is -4.21. The number of rotatable bonds is 8. The lowest BCUT2D eigenvalue weighted by atomic mass is 10.1. The fourth-order valence-corrected chi connectivity index (χ4v) is 3.30. The van der Waals surface area contributed by atoms with Gasteiger partial charge in [0.15, 0.2) is 6.61 Å². The highest BCUT2D eigenvalue weighted by Crippen LogP contribution is 2.24. The number of aromatic nitrogens is 2. The van der Waals surface area contributed by atoms with Crippen LogP contribution >= 0.6 is 0 Å². The summed E-state index contributed by atoms with van der Waals surface area (Å²) in [6.07, 6.45) is 0. The molecular formula is C23H24N4O6. The molecule has 1 N–H and O–H groups in total. The summed E-state index contributed by atoms with van der Waals surface area (Å²) in [4.78, 5) is 34.6. The Labute approximate surface area is 190 Å². The summed E-state index contributed by atoms with van der Waals surface area (Å²) in [6.45, 7) is 5.24. The van der Waals surface area contributed by atoms with Gasteiger partial charge in [-0.15, -0.1) is 0 Å². The van der Waals surface area contributed by atoms with Gasteiger partial charge in [-0.25, -0.2) is 4.79 Å². The second-order valence-electron chi connectivity index (χ2n) is 7.43. The van der Waals surface area contributed by atoms with Gasteiger partial charge in [0.2, 0.25) is 0 Å². The van der Waals surface area contributed by atoms with Crippen LogP contribution in [0.3, 0.4) is 0 Å². The van der Waals surface area contributed by atoms with Crippen molar-refractivity contribution in [3.8, 4) is 5.75 Å². The predicted octanol–water partition coefficient (Wildman–Crippen LogP) is 3.57. The zero-order valence-corrected chi connectivity index (χ0v) is 18.7. The van der Waals surface area contributed by atoms with Gasteiger partial charge in [0.25, 0.3) is 5.91 Å². The Morgan fingerprint density at radius 2 is 1.82 bits per heavy atom. The van der Waals surface area contributed by atoms with Gasteiger partial charge < -0.3 is 14.8 Å². The topological polar surface area (TPSA) is 126 Å². The Morgan fingerprint density at radius 3 is 2.39 bits per heavy atom. The maximum absolute atomic E-state index is 12.7. The van der Waals surface area contributed by atoms with E-state index in [-0.39, 0.29) is 18.2 Å². The first-order chi connectivity index (χ1) is 15.7. The van der Waals surface area contributed by atoms with Gasteiger partial charge in [0.1, 0.15) is 17.1 Å². The number of ether oxygens (including phenoxy) is 2. The number of benzene rings is 2. The summed E-state index contributed by atoms with van der Waals surface area (Å²) in [5, 5.41) is 18.3. The maximum Gasteiger partial charge on any atom is 0.343 e. The molecule has 0 unspecified atom stereocenters. The Bertz CT molecular complexity index is 1200. The van der Waals surface area contributed by atoms with Gasteiger partial charge in [-0.1, -0.05) is 12.1 Å². The standard InChI is InChI=1S/C23H24N4O6/c1-14-11-19(33-13-21(28)32-4)9-10-20(14)24-23(29)18-7-5-17(6-8-18)12-26-16(3)22(27(30)31)15(2)25-26/h5-11H,12-13H2,1-4H3,(H,24,29). The summed E-state index contributed by atoms with van der Waals surface area (Å²) in [6, 6.07) is 12.0. The molecule has 1 aromatic heterocycles. The molecule has 1 amide bonds. The average molecular weight is 452 g/mol. The van der Waals surface area contributed by atoms with Crippen LogP contribution in [0.25, 0.3) is 0 Å². The number of carbonyl (C=O) groups excluding carboxylic acids is 2. The van der Waals surface area contributed by atoms with Crippen molar-refractivity contribution >= 4 is 23.3 Å². The summed E-state index contributed by atoms with van der Waals surface area (Å²) in [7, 11) is 1.29. The average Bonchev–Trinajstić information content (AvgIpc) is 3.06. The van der Waals surface area contributed by atoms with Crippen molar-refractivity contribution in [3.63, 3.8) is 0 Å². The van der Waals surface area contributed by atoms with Crippen LogP contribution in [0.5, 0.6) is 5.75 Å². The molecule has 0 atom stereocenters. The number of hydrogen-bond donors (Lipinski definition) is 1. The third kappa shape index (κ3) is 5.53. The van der Waals surface area contributed by atoms with Gasteiger partial charge >= 0.3 is 11.7 Å². The van der Waals surface area contributed by atoms with Crippen molar-refractivity contribution in [2.45, 2.75) is 27.3 Å². The van der Waals surface area contributed by atoms with Gasteiger partial charge in [-0.2, -0.15) is 5.10 Å². The van der Waals surface area contributed by atoms with E-state index in [4.69, 9.17) is 4.74 Å². The minimum Gasteiger partial charge on any atom is -0.482 e. The van der Waals surface area contributed by atoms with Gasteiger partial charge in [0.05, 0.1) is 18.6 Å². The first-order valence-electron chi connectivity index (χ1n) is 10.1. The molecule has 10 nitrogen and oxygen atoms in total. The van der Waals surface area contributed by atoms with Crippen molar-refractivity contribution in [3.05, 3.63) is 80.7 Å². The van der Waals surface area contributed by atoms with Crippen LogP contribution in [0.2, 0.25) is 0 Å². The lowest BCUT2D eigenvalue weighted by Gasteiger charge is -2.11. The van der Waals surface area contributed by atoms with E-state index in [1.165, 1.54) is 7.11 Å². The largest absolute Gasteiger partial charge is 0.482 e. The number of carbonyl (C=O) groups is 2. The van der Waals surface area contributed by atoms with Crippen LogP contribution in [0.4, 0.5) is 11.4 Å². The fraction of sp³-hybridized carbons (Fsp3) is 0.261. The van der Waals surface area contributed by atoms with Crippen molar-refractivity contribution < 1.29 is 24.0 Å².